The Kier molecular flexibility index (Phi) is 6.47. The quantitative estimate of drug-likeness (QED) is 0.204. The second-order valence-corrected chi connectivity index (χ2v) is 9.77. The fourth-order valence-electron chi connectivity index (χ4n) is 4.99. The molecule has 5 aromatic rings. The molecular weight excluding hydrogens is 586 g/mol. The Morgan fingerprint density at radius 1 is 0.977 bits per heavy atom. The molecule has 15 heteroatoms. The molecule has 0 fully saturated rings. The molecule has 0 spiro atoms. The smallest absolute Gasteiger partial charge is 0.457 e. The van der Waals surface area contributed by atoms with Gasteiger partial charge in [0.15, 0.2) is 5.58 Å². The number of oxazole rings is 1. The highest BCUT2D eigenvalue weighted by molar-refractivity contribution is 6.02. The summed E-state index contributed by atoms with van der Waals surface area (Å²) in [5.41, 5.74) is 0.561. The highest BCUT2D eigenvalue weighted by atomic mass is 19.4. The first-order valence-electron chi connectivity index (χ1n) is 12.5. The lowest BCUT2D eigenvalue weighted by atomic mass is 9.95. The number of alkyl halides is 5. The third kappa shape index (κ3) is 5.40. The molecule has 43 heavy (non-hydrogen) atoms. The number of carbonyl (C=O) groups is 1. The summed E-state index contributed by atoms with van der Waals surface area (Å²) in [4.78, 5) is 28.5. The van der Waals surface area contributed by atoms with E-state index in [1.54, 1.807) is 18.2 Å². The predicted octanol–water partition coefficient (Wildman–Crippen LogP) is 6.54. The molecule has 0 saturated heterocycles. The number of nitrogens with one attached hydrogen (secondary N) is 2. The van der Waals surface area contributed by atoms with Gasteiger partial charge in [0, 0.05) is 29.7 Å². The maximum Gasteiger partial charge on any atom is 0.573 e. The summed E-state index contributed by atoms with van der Waals surface area (Å²) in [5, 5.41) is 6.75. The van der Waals surface area contributed by atoms with E-state index in [4.69, 9.17) is 9.15 Å². The van der Waals surface area contributed by atoms with Crippen molar-refractivity contribution in [1.29, 1.82) is 0 Å². The summed E-state index contributed by atoms with van der Waals surface area (Å²) >= 11 is 0. The van der Waals surface area contributed by atoms with Gasteiger partial charge in [0.2, 0.25) is 0 Å². The van der Waals surface area contributed by atoms with E-state index in [-0.39, 0.29) is 45.2 Å². The van der Waals surface area contributed by atoms with E-state index < -0.39 is 48.1 Å². The monoisotopic (exact) mass is 604 g/mol. The number of hydrogen-bond acceptors (Lipinski definition) is 6. The molecule has 1 aliphatic rings. The Balaban J connectivity index is 1.39. The van der Waals surface area contributed by atoms with Crippen LogP contribution >= 0.6 is 0 Å². The summed E-state index contributed by atoms with van der Waals surface area (Å²) in [5.74, 6) is -6.36. The van der Waals surface area contributed by atoms with Crippen molar-refractivity contribution < 1.29 is 45.0 Å². The summed E-state index contributed by atoms with van der Waals surface area (Å²) in [7, 11) is 0. The van der Waals surface area contributed by atoms with Crippen LogP contribution in [0.3, 0.4) is 0 Å². The van der Waals surface area contributed by atoms with E-state index in [1.165, 1.54) is 24.3 Å². The van der Waals surface area contributed by atoms with Gasteiger partial charge in [-0.2, -0.15) is 5.10 Å². The van der Waals surface area contributed by atoms with Crippen LogP contribution < -0.4 is 15.2 Å². The average Bonchev–Trinajstić information content (AvgIpc) is 3.57. The Hall–Kier alpha value is -5.21. The zero-order valence-corrected chi connectivity index (χ0v) is 21.8. The number of H-pyrrole nitrogens is 2. The SMILES string of the molecule is CC(F)(F)CN1C(=O)c2[nH]nc(-c3cccc4[nH]c(=O)oc34)c2C1c1ccc(Oc2ccc(OC(F)(F)F)cc2)cc1F. The number of fused-ring (bicyclic) bond motifs is 2. The van der Waals surface area contributed by atoms with E-state index in [1.807, 2.05) is 0 Å². The number of aromatic amines is 2. The summed E-state index contributed by atoms with van der Waals surface area (Å²) < 4.78 is 96.1. The molecule has 2 N–H and O–H groups in total. The lowest BCUT2D eigenvalue weighted by Crippen LogP contribution is -2.38. The zero-order chi connectivity index (χ0) is 30.7. The fraction of sp³-hybridized carbons (Fsp3) is 0.179. The van der Waals surface area contributed by atoms with E-state index in [9.17, 15) is 31.5 Å². The van der Waals surface area contributed by atoms with Crippen LogP contribution in [0.25, 0.3) is 22.4 Å². The topological polar surface area (TPSA) is 113 Å². The molecule has 1 amide bonds. The number of aromatic nitrogens is 3. The lowest BCUT2D eigenvalue weighted by Gasteiger charge is -2.29. The van der Waals surface area contributed by atoms with Crippen molar-refractivity contribution >= 4 is 17.0 Å². The zero-order valence-electron chi connectivity index (χ0n) is 21.8. The fourth-order valence-corrected chi connectivity index (χ4v) is 4.99. The van der Waals surface area contributed by atoms with E-state index in [2.05, 4.69) is 19.9 Å². The molecule has 0 saturated carbocycles. The number of amides is 1. The molecule has 3 aromatic carbocycles. The van der Waals surface area contributed by atoms with Crippen LogP contribution in [-0.2, 0) is 0 Å². The molecular formula is C28H18F6N4O5. The number of ether oxygens (including phenoxy) is 2. The normalized spacial score (nSPS) is 15.3. The molecule has 6 rings (SSSR count). The van der Waals surface area contributed by atoms with Gasteiger partial charge in [0.1, 0.15) is 34.5 Å². The number of rotatable bonds is 7. The molecule has 3 heterocycles. The van der Waals surface area contributed by atoms with E-state index in [0.717, 1.165) is 23.1 Å². The van der Waals surface area contributed by atoms with Gasteiger partial charge in [0.05, 0.1) is 18.1 Å². The van der Waals surface area contributed by atoms with Crippen LogP contribution in [0, 0.1) is 5.82 Å². The number of para-hydroxylation sites is 1. The predicted molar refractivity (Wildman–Crippen MR) is 138 cm³/mol. The Morgan fingerprint density at radius 3 is 2.35 bits per heavy atom. The second kappa shape index (κ2) is 9.96. The van der Waals surface area contributed by atoms with Crippen molar-refractivity contribution in [1.82, 2.24) is 20.1 Å². The highest BCUT2D eigenvalue weighted by Gasteiger charge is 2.46. The lowest BCUT2D eigenvalue weighted by molar-refractivity contribution is -0.274. The summed E-state index contributed by atoms with van der Waals surface area (Å²) in [6.07, 6.45) is -4.88. The third-order valence-electron chi connectivity index (χ3n) is 6.57. The molecule has 9 nitrogen and oxygen atoms in total. The van der Waals surface area contributed by atoms with Crippen molar-refractivity contribution in [2.24, 2.45) is 0 Å². The first kappa shape index (κ1) is 27.9. The maximum atomic E-state index is 15.7. The summed E-state index contributed by atoms with van der Waals surface area (Å²) in [6, 6.07) is 11.2. The standard InChI is InChI=1S/C28H18F6N4O5/c1-27(30,31)12-38-23(16-10-9-15(11-18(16)29)41-13-5-7-14(8-6-13)43-28(32,33)34)20-21(36-37-22(20)25(38)39)17-3-2-4-19-24(17)42-26(40)35-19/h2-11,23H,12H2,1H3,(H,35,40)(H,36,37). The first-order chi connectivity index (χ1) is 20.3. The largest absolute Gasteiger partial charge is 0.573 e. The average molecular weight is 604 g/mol. The van der Waals surface area contributed by atoms with Crippen LogP contribution in [0.4, 0.5) is 26.3 Å². The molecule has 0 bridgehead atoms. The molecule has 0 aliphatic carbocycles. The first-order valence-corrected chi connectivity index (χ1v) is 12.5. The molecule has 2 aromatic heterocycles. The minimum atomic E-state index is -4.88. The number of carbonyl (C=O) groups excluding carboxylic acids is 1. The molecule has 1 atom stereocenters. The Labute approximate surface area is 236 Å². The number of hydrogen-bond donors (Lipinski definition) is 2. The van der Waals surface area contributed by atoms with Crippen molar-refractivity contribution in [2.45, 2.75) is 25.3 Å². The number of halogens is 6. The van der Waals surface area contributed by atoms with E-state index >= 15 is 4.39 Å². The van der Waals surface area contributed by atoms with Gasteiger partial charge >= 0.3 is 12.1 Å². The number of nitrogens with zero attached hydrogens (tertiary/aromatic N) is 2. The van der Waals surface area contributed by atoms with Gasteiger partial charge < -0.3 is 18.8 Å². The maximum absolute atomic E-state index is 15.7. The molecule has 222 valence electrons. The van der Waals surface area contributed by atoms with Crippen LogP contribution in [0.15, 0.2) is 69.9 Å². The van der Waals surface area contributed by atoms with Crippen LogP contribution in [0.5, 0.6) is 17.2 Å². The van der Waals surface area contributed by atoms with E-state index in [0.29, 0.717) is 12.4 Å². The molecule has 0 radical (unpaired) electrons. The second-order valence-electron chi connectivity index (χ2n) is 9.77. The van der Waals surface area contributed by atoms with Crippen molar-refractivity contribution in [3.8, 4) is 28.5 Å². The van der Waals surface area contributed by atoms with Crippen molar-refractivity contribution in [3.05, 3.63) is 93.9 Å². The van der Waals surface area contributed by atoms with Gasteiger partial charge in [0.25, 0.3) is 11.8 Å². The summed E-state index contributed by atoms with van der Waals surface area (Å²) in [6.45, 7) is -0.428. The van der Waals surface area contributed by atoms with Crippen LogP contribution in [0.2, 0.25) is 0 Å². The van der Waals surface area contributed by atoms with Crippen molar-refractivity contribution in [2.75, 3.05) is 6.54 Å². The van der Waals surface area contributed by atoms with Crippen LogP contribution in [-0.4, -0.2) is 44.8 Å². The minimum Gasteiger partial charge on any atom is -0.457 e. The Morgan fingerprint density at radius 2 is 1.67 bits per heavy atom. The third-order valence-corrected chi connectivity index (χ3v) is 6.57. The van der Waals surface area contributed by atoms with Gasteiger partial charge in [-0.05, 0) is 48.5 Å². The number of benzene rings is 3. The highest BCUT2D eigenvalue weighted by Crippen LogP contribution is 2.46. The van der Waals surface area contributed by atoms with Gasteiger partial charge in [-0.15, -0.1) is 13.2 Å². The van der Waals surface area contributed by atoms with Gasteiger partial charge in [-0.25, -0.2) is 18.0 Å². The molecule has 1 unspecified atom stereocenters. The molecule has 1 aliphatic heterocycles. The van der Waals surface area contributed by atoms with Gasteiger partial charge in [-0.3, -0.25) is 14.9 Å². The van der Waals surface area contributed by atoms with Gasteiger partial charge in [-0.1, -0.05) is 6.07 Å². The Bertz CT molecular complexity index is 1910. The van der Waals surface area contributed by atoms with Crippen molar-refractivity contribution in [3.63, 3.8) is 0 Å². The van der Waals surface area contributed by atoms with Crippen LogP contribution in [0.1, 0.15) is 34.6 Å². The minimum absolute atomic E-state index is 0.0606.